The highest BCUT2D eigenvalue weighted by molar-refractivity contribution is 6.10. The number of Topliss-reactive ketones (excluding diaryl/α,β-unsaturated/α-hetero) is 2. The Kier molecular flexibility index (Phi) is 4.41. The molecule has 1 aromatic rings. The van der Waals surface area contributed by atoms with Gasteiger partial charge in [0.25, 0.3) is 0 Å². The Bertz CT molecular complexity index is 366. The summed E-state index contributed by atoms with van der Waals surface area (Å²) in [5.41, 5.74) is 0.628. The number of hydrogen-bond donors (Lipinski definition) is 0. The first-order valence-electron chi connectivity index (χ1n) is 5.62. The average Bonchev–Trinajstić information content (AvgIpc) is 2.25. The Labute approximate surface area is 96.7 Å². The summed E-state index contributed by atoms with van der Waals surface area (Å²) in [6, 6.07) is 9.03. The lowest BCUT2D eigenvalue weighted by Gasteiger charge is -2.14. The fraction of sp³-hybridized carbons (Fsp3) is 0.429. The Balaban J connectivity index is 2.88. The van der Waals surface area contributed by atoms with Crippen LogP contribution in [0.5, 0.6) is 0 Å². The van der Waals surface area contributed by atoms with Crippen LogP contribution in [0, 0.1) is 11.8 Å². The molecule has 1 unspecified atom stereocenters. The molecule has 1 aromatic carbocycles. The first-order valence-corrected chi connectivity index (χ1v) is 5.62. The standard InChI is InChI=1S/C14H18O2/c1-10(2)9-13(11(3)15)14(16)12-7-5-4-6-8-12/h4-8,10,13H,9H2,1-3H3. The lowest BCUT2D eigenvalue weighted by Crippen LogP contribution is -2.23. The maximum absolute atomic E-state index is 12.1. The summed E-state index contributed by atoms with van der Waals surface area (Å²) in [5, 5.41) is 0. The molecule has 0 fully saturated rings. The van der Waals surface area contributed by atoms with Gasteiger partial charge < -0.3 is 0 Å². The van der Waals surface area contributed by atoms with Gasteiger partial charge in [-0.2, -0.15) is 0 Å². The fourth-order valence-electron chi connectivity index (χ4n) is 1.73. The quantitative estimate of drug-likeness (QED) is 0.562. The van der Waals surface area contributed by atoms with Crippen LogP contribution in [0.1, 0.15) is 37.6 Å². The van der Waals surface area contributed by atoms with E-state index in [-0.39, 0.29) is 11.6 Å². The van der Waals surface area contributed by atoms with Gasteiger partial charge in [0.05, 0.1) is 5.92 Å². The Hall–Kier alpha value is -1.44. The zero-order chi connectivity index (χ0) is 12.1. The second-order valence-corrected chi connectivity index (χ2v) is 4.52. The van der Waals surface area contributed by atoms with Crippen molar-refractivity contribution in [3.8, 4) is 0 Å². The SMILES string of the molecule is CC(=O)C(CC(C)C)C(=O)c1ccccc1. The Morgan fingerprint density at radius 3 is 2.12 bits per heavy atom. The topological polar surface area (TPSA) is 34.1 Å². The van der Waals surface area contributed by atoms with Gasteiger partial charge in [0.2, 0.25) is 0 Å². The van der Waals surface area contributed by atoms with Gasteiger partial charge in [-0.05, 0) is 19.3 Å². The summed E-state index contributed by atoms with van der Waals surface area (Å²) in [6.07, 6.45) is 0.628. The van der Waals surface area contributed by atoms with Crippen molar-refractivity contribution in [2.45, 2.75) is 27.2 Å². The second kappa shape index (κ2) is 5.59. The van der Waals surface area contributed by atoms with E-state index in [4.69, 9.17) is 0 Å². The second-order valence-electron chi connectivity index (χ2n) is 4.52. The molecule has 2 heteroatoms. The summed E-state index contributed by atoms with van der Waals surface area (Å²) in [5.74, 6) is -0.228. The summed E-state index contributed by atoms with van der Waals surface area (Å²) in [7, 11) is 0. The van der Waals surface area contributed by atoms with Gasteiger partial charge in [-0.1, -0.05) is 44.2 Å². The van der Waals surface area contributed by atoms with E-state index in [9.17, 15) is 9.59 Å². The van der Waals surface area contributed by atoms with Gasteiger partial charge >= 0.3 is 0 Å². The maximum Gasteiger partial charge on any atom is 0.173 e. The third-order valence-corrected chi connectivity index (χ3v) is 2.57. The van der Waals surface area contributed by atoms with Crippen molar-refractivity contribution in [2.75, 3.05) is 0 Å². The van der Waals surface area contributed by atoms with E-state index < -0.39 is 5.92 Å². The summed E-state index contributed by atoms with van der Waals surface area (Å²) < 4.78 is 0. The lowest BCUT2D eigenvalue weighted by molar-refractivity contribution is -0.119. The average molecular weight is 218 g/mol. The van der Waals surface area contributed by atoms with E-state index in [1.807, 2.05) is 32.0 Å². The molecule has 0 radical (unpaired) electrons. The molecule has 1 rings (SSSR count). The summed E-state index contributed by atoms with van der Waals surface area (Å²) in [4.78, 5) is 23.6. The van der Waals surface area contributed by atoms with Crippen LogP contribution in [0.4, 0.5) is 0 Å². The van der Waals surface area contributed by atoms with Gasteiger partial charge in [-0.3, -0.25) is 9.59 Å². The molecule has 1 atom stereocenters. The molecule has 0 aliphatic heterocycles. The van der Waals surface area contributed by atoms with Crippen LogP contribution in [-0.4, -0.2) is 11.6 Å². The molecule has 0 amide bonds. The molecule has 0 heterocycles. The molecule has 0 saturated carbocycles. The van der Waals surface area contributed by atoms with Gasteiger partial charge in [-0.25, -0.2) is 0 Å². The highest BCUT2D eigenvalue weighted by Crippen LogP contribution is 2.18. The van der Waals surface area contributed by atoms with Crippen molar-refractivity contribution >= 4 is 11.6 Å². The number of rotatable bonds is 5. The van der Waals surface area contributed by atoms with Gasteiger partial charge in [-0.15, -0.1) is 0 Å². The summed E-state index contributed by atoms with van der Waals surface area (Å²) >= 11 is 0. The van der Waals surface area contributed by atoms with E-state index in [2.05, 4.69) is 0 Å². The highest BCUT2D eigenvalue weighted by Gasteiger charge is 2.24. The minimum Gasteiger partial charge on any atom is -0.299 e. The van der Waals surface area contributed by atoms with Crippen molar-refractivity contribution < 1.29 is 9.59 Å². The van der Waals surface area contributed by atoms with Gasteiger partial charge in [0.15, 0.2) is 5.78 Å². The zero-order valence-electron chi connectivity index (χ0n) is 10.1. The van der Waals surface area contributed by atoms with Crippen molar-refractivity contribution in [1.29, 1.82) is 0 Å². The van der Waals surface area contributed by atoms with Crippen molar-refractivity contribution in [3.63, 3.8) is 0 Å². The third-order valence-electron chi connectivity index (χ3n) is 2.57. The molecule has 0 spiro atoms. The fourth-order valence-corrected chi connectivity index (χ4v) is 1.73. The zero-order valence-corrected chi connectivity index (χ0v) is 10.1. The van der Waals surface area contributed by atoms with Gasteiger partial charge in [0, 0.05) is 5.56 Å². The predicted octanol–water partition coefficient (Wildman–Crippen LogP) is 3.12. The molecular formula is C14H18O2. The highest BCUT2D eigenvalue weighted by atomic mass is 16.1. The third kappa shape index (κ3) is 3.30. The van der Waals surface area contributed by atoms with Crippen LogP contribution >= 0.6 is 0 Å². The molecule has 0 aliphatic rings. The largest absolute Gasteiger partial charge is 0.299 e. The molecule has 16 heavy (non-hydrogen) atoms. The normalized spacial score (nSPS) is 12.5. The number of carbonyl (C=O) groups is 2. The van der Waals surface area contributed by atoms with Crippen LogP contribution < -0.4 is 0 Å². The molecule has 0 saturated heterocycles. The predicted molar refractivity (Wildman–Crippen MR) is 64.4 cm³/mol. The van der Waals surface area contributed by atoms with Crippen LogP contribution in [0.25, 0.3) is 0 Å². The molecule has 0 bridgehead atoms. The first kappa shape index (κ1) is 12.6. The number of hydrogen-bond acceptors (Lipinski definition) is 2. The van der Waals surface area contributed by atoms with E-state index in [1.165, 1.54) is 6.92 Å². The molecule has 0 aromatic heterocycles. The summed E-state index contributed by atoms with van der Waals surface area (Å²) in [6.45, 7) is 5.54. The van der Waals surface area contributed by atoms with Crippen LogP contribution in [0.2, 0.25) is 0 Å². The number of ketones is 2. The molecule has 86 valence electrons. The molecule has 2 nitrogen and oxygen atoms in total. The van der Waals surface area contributed by atoms with E-state index in [0.29, 0.717) is 17.9 Å². The van der Waals surface area contributed by atoms with Crippen molar-refractivity contribution in [2.24, 2.45) is 11.8 Å². The lowest BCUT2D eigenvalue weighted by atomic mass is 9.87. The van der Waals surface area contributed by atoms with Crippen molar-refractivity contribution in [3.05, 3.63) is 35.9 Å². The minimum atomic E-state index is -0.484. The van der Waals surface area contributed by atoms with Crippen LogP contribution in [0.3, 0.4) is 0 Å². The minimum absolute atomic E-state index is 0.0393. The van der Waals surface area contributed by atoms with Crippen LogP contribution in [0.15, 0.2) is 30.3 Å². The Morgan fingerprint density at radius 1 is 1.12 bits per heavy atom. The number of benzene rings is 1. The first-order chi connectivity index (χ1) is 7.52. The van der Waals surface area contributed by atoms with Crippen LogP contribution in [-0.2, 0) is 4.79 Å². The molecule has 0 aliphatic carbocycles. The Morgan fingerprint density at radius 2 is 1.69 bits per heavy atom. The maximum atomic E-state index is 12.1. The van der Waals surface area contributed by atoms with E-state index >= 15 is 0 Å². The molecular weight excluding hydrogens is 200 g/mol. The van der Waals surface area contributed by atoms with E-state index in [1.54, 1.807) is 12.1 Å². The monoisotopic (exact) mass is 218 g/mol. The number of carbonyl (C=O) groups excluding carboxylic acids is 2. The molecule has 0 N–H and O–H groups in total. The van der Waals surface area contributed by atoms with E-state index in [0.717, 1.165) is 0 Å². The smallest absolute Gasteiger partial charge is 0.173 e. The van der Waals surface area contributed by atoms with Crippen molar-refractivity contribution in [1.82, 2.24) is 0 Å². The van der Waals surface area contributed by atoms with Gasteiger partial charge in [0.1, 0.15) is 5.78 Å².